The van der Waals surface area contributed by atoms with Crippen molar-refractivity contribution in [1.29, 1.82) is 0 Å². The van der Waals surface area contributed by atoms with Crippen molar-refractivity contribution in [3.8, 4) is 11.7 Å². The minimum absolute atomic E-state index is 0.255. The van der Waals surface area contributed by atoms with Crippen LogP contribution in [0.3, 0.4) is 0 Å². The van der Waals surface area contributed by atoms with Gasteiger partial charge < -0.3 is 9.15 Å². The van der Waals surface area contributed by atoms with Crippen LogP contribution in [0.15, 0.2) is 33.2 Å². The summed E-state index contributed by atoms with van der Waals surface area (Å²) in [6, 6.07) is 7.00. The van der Waals surface area contributed by atoms with Crippen molar-refractivity contribution in [2.75, 3.05) is 0 Å². The zero-order chi connectivity index (χ0) is 12.4. The van der Waals surface area contributed by atoms with E-state index in [4.69, 9.17) is 9.15 Å². The predicted molar refractivity (Wildman–Crippen MR) is 67.8 cm³/mol. The number of rotatable bonds is 3. The van der Waals surface area contributed by atoms with Crippen LogP contribution in [0.4, 0.5) is 0 Å². The van der Waals surface area contributed by atoms with E-state index in [0.717, 1.165) is 15.6 Å². The molecule has 88 valence electrons. The van der Waals surface area contributed by atoms with Gasteiger partial charge in [0.15, 0.2) is 12.0 Å². The highest BCUT2D eigenvalue weighted by Gasteiger charge is 2.07. The van der Waals surface area contributed by atoms with Crippen LogP contribution in [0.25, 0.3) is 0 Å². The third kappa shape index (κ3) is 2.58. The summed E-state index contributed by atoms with van der Waals surface area (Å²) in [4.78, 5) is 10.5. The van der Waals surface area contributed by atoms with E-state index in [1.807, 2.05) is 26.0 Å². The van der Waals surface area contributed by atoms with E-state index in [1.54, 1.807) is 12.1 Å². The van der Waals surface area contributed by atoms with Gasteiger partial charge in [-0.25, -0.2) is 0 Å². The molecule has 0 aliphatic rings. The first kappa shape index (κ1) is 11.9. The van der Waals surface area contributed by atoms with Crippen LogP contribution in [0, 0.1) is 13.8 Å². The first-order chi connectivity index (χ1) is 8.10. The quantitative estimate of drug-likeness (QED) is 0.794. The molecule has 1 aromatic heterocycles. The van der Waals surface area contributed by atoms with Crippen LogP contribution >= 0.6 is 15.9 Å². The molecular weight excluding hydrogens is 284 g/mol. The highest BCUT2D eigenvalue weighted by Crippen LogP contribution is 2.29. The maximum Gasteiger partial charge on any atom is 0.290 e. The van der Waals surface area contributed by atoms with Gasteiger partial charge in [0.05, 0.1) is 0 Å². The number of hydrogen-bond donors (Lipinski definition) is 0. The van der Waals surface area contributed by atoms with Gasteiger partial charge in [-0.2, -0.15) is 0 Å². The van der Waals surface area contributed by atoms with Crippen molar-refractivity contribution >= 4 is 22.2 Å². The molecule has 0 saturated heterocycles. The zero-order valence-corrected chi connectivity index (χ0v) is 11.1. The van der Waals surface area contributed by atoms with Crippen molar-refractivity contribution in [2.24, 2.45) is 0 Å². The molecule has 0 fully saturated rings. The number of carbonyl (C=O) groups is 1. The molecule has 0 aliphatic carbocycles. The molecule has 0 aliphatic heterocycles. The van der Waals surface area contributed by atoms with Crippen molar-refractivity contribution in [3.63, 3.8) is 0 Å². The van der Waals surface area contributed by atoms with E-state index >= 15 is 0 Å². The van der Waals surface area contributed by atoms with Gasteiger partial charge in [0, 0.05) is 10.5 Å². The van der Waals surface area contributed by atoms with E-state index < -0.39 is 0 Å². The fourth-order valence-electron chi connectivity index (χ4n) is 1.53. The first-order valence-electron chi connectivity index (χ1n) is 5.10. The van der Waals surface area contributed by atoms with Gasteiger partial charge in [-0.3, -0.25) is 4.79 Å². The molecule has 0 saturated carbocycles. The molecular formula is C13H11BrO3. The van der Waals surface area contributed by atoms with Gasteiger partial charge in [0.1, 0.15) is 5.75 Å². The summed E-state index contributed by atoms with van der Waals surface area (Å²) in [6.07, 6.45) is 0.644. The number of furan rings is 1. The first-order valence-corrected chi connectivity index (χ1v) is 5.89. The number of aryl methyl sites for hydroxylation is 2. The molecule has 0 unspecified atom stereocenters. The molecule has 0 bridgehead atoms. The summed E-state index contributed by atoms with van der Waals surface area (Å²) in [5.41, 5.74) is 2.17. The van der Waals surface area contributed by atoms with Crippen LogP contribution in [0.5, 0.6) is 11.7 Å². The Hall–Kier alpha value is -1.55. The van der Waals surface area contributed by atoms with Crippen LogP contribution < -0.4 is 4.74 Å². The third-order valence-corrected chi connectivity index (χ3v) is 3.60. The van der Waals surface area contributed by atoms with E-state index in [1.165, 1.54) is 0 Å². The van der Waals surface area contributed by atoms with Gasteiger partial charge in [-0.05, 0) is 43.2 Å². The van der Waals surface area contributed by atoms with Crippen LogP contribution in [0.2, 0.25) is 0 Å². The molecule has 4 heteroatoms. The summed E-state index contributed by atoms with van der Waals surface area (Å²) in [5, 5.41) is 0. The van der Waals surface area contributed by atoms with E-state index in [2.05, 4.69) is 15.9 Å². The fourth-order valence-corrected chi connectivity index (χ4v) is 1.76. The zero-order valence-electron chi connectivity index (χ0n) is 9.49. The SMILES string of the molecule is Cc1cc(Oc2ccc(C=O)o2)cc(C)c1Br. The summed E-state index contributed by atoms with van der Waals surface area (Å²) < 4.78 is 11.7. The van der Waals surface area contributed by atoms with Crippen LogP contribution in [0.1, 0.15) is 21.7 Å². The lowest BCUT2D eigenvalue weighted by Crippen LogP contribution is -1.87. The molecule has 0 amide bonds. The van der Waals surface area contributed by atoms with Crippen molar-refractivity contribution in [3.05, 3.63) is 45.6 Å². The summed E-state index contributed by atoms with van der Waals surface area (Å²) in [6.45, 7) is 3.98. The lowest BCUT2D eigenvalue weighted by Gasteiger charge is -2.07. The van der Waals surface area contributed by atoms with Crippen molar-refractivity contribution in [2.45, 2.75) is 13.8 Å². The standard InChI is InChI=1S/C13H11BrO3/c1-8-5-11(6-9(2)13(8)14)17-12-4-3-10(7-15)16-12/h3-7H,1-2H3. The molecule has 17 heavy (non-hydrogen) atoms. The molecule has 0 N–H and O–H groups in total. The van der Waals surface area contributed by atoms with Gasteiger partial charge in [-0.15, -0.1) is 0 Å². The van der Waals surface area contributed by atoms with Gasteiger partial charge >= 0.3 is 0 Å². The second-order valence-electron chi connectivity index (χ2n) is 3.75. The topological polar surface area (TPSA) is 39.4 Å². The molecule has 3 nitrogen and oxygen atoms in total. The molecule has 2 aromatic rings. The second kappa shape index (κ2) is 4.75. The van der Waals surface area contributed by atoms with Crippen LogP contribution in [-0.2, 0) is 0 Å². The summed E-state index contributed by atoms with van der Waals surface area (Å²) in [7, 11) is 0. The Labute approximate surface area is 108 Å². The van der Waals surface area contributed by atoms with Crippen molar-refractivity contribution in [1.82, 2.24) is 0 Å². The molecule has 2 rings (SSSR count). The Kier molecular flexibility index (Phi) is 3.33. The van der Waals surface area contributed by atoms with E-state index in [0.29, 0.717) is 18.0 Å². The highest BCUT2D eigenvalue weighted by molar-refractivity contribution is 9.10. The Balaban J connectivity index is 2.27. The number of ether oxygens (including phenoxy) is 1. The van der Waals surface area contributed by atoms with Gasteiger partial charge in [0.25, 0.3) is 5.95 Å². The average molecular weight is 295 g/mol. The Morgan fingerprint density at radius 2 is 1.88 bits per heavy atom. The number of hydrogen-bond acceptors (Lipinski definition) is 3. The molecule has 1 aromatic carbocycles. The predicted octanol–water partition coefficient (Wildman–Crippen LogP) is 4.26. The summed E-state index contributed by atoms with van der Waals surface area (Å²) in [5.74, 6) is 1.26. The Bertz CT molecular complexity index is 535. The average Bonchev–Trinajstić information content (AvgIpc) is 2.73. The van der Waals surface area contributed by atoms with Gasteiger partial charge in [0.2, 0.25) is 0 Å². The minimum Gasteiger partial charge on any atom is -0.426 e. The number of aldehydes is 1. The largest absolute Gasteiger partial charge is 0.426 e. The highest BCUT2D eigenvalue weighted by atomic mass is 79.9. The smallest absolute Gasteiger partial charge is 0.290 e. The summed E-state index contributed by atoms with van der Waals surface area (Å²) >= 11 is 3.49. The Morgan fingerprint density at radius 1 is 1.24 bits per heavy atom. The van der Waals surface area contributed by atoms with E-state index in [-0.39, 0.29) is 5.76 Å². The molecule has 0 atom stereocenters. The monoisotopic (exact) mass is 294 g/mol. The number of benzene rings is 1. The molecule has 1 heterocycles. The molecule has 0 radical (unpaired) electrons. The fraction of sp³-hybridized carbons (Fsp3) is 0.154. The molecule has 0 spiro atoms. The number of carbonyl (C=O) groups excluding carboxylic acids is 1. The van der Waals surface area contributed by atoms with Crippen molar-refractivity contribution < 1.29 is 13.9 Å². The third-order valence-electron chi connectivity index (χ3n) is 2.35. The lowest BCUT2D eigenvalue weighted by molar-refractivity contribution is 0.109. The maximum absolute atomic E-state index is 10.5. The normalized spacial score (nSPS) is 10.3. The lowest BCUT2D eigenvalue weighted by atomic mass is 10.1. The van der Waals surface area contributed by atoms with Gasteiger partial charge in [-0.1, -0.05) is 15.9 Å². The van der Waals surface area contributed by atoms with E-state index in [9.17, 15) is 4.79 Å². The Morgan fingerprint density at radius 3 is 2.41 bits per heavy atom. The minimum atomic E-state index is 0.255. The second-order valence-corrected chi connectivity index (χ2v) is 4.54. The maximum atomic E-state index is 10.5. The van der Waals surface area contributed by atoms with Crippen LogP contribution in [-0.4, -0.2) is 6.29 Å². The number of halogens is 1.